The maximum Gasteiger partial charge on any atom is 0.244 e. The standard InChI is InChI=1S/C12H15N3O3S2/c1-8-3-4-10(18-2)11(5-8)20(16,17)14-6-9-7-19-12(13)15-9/h3-5,7,14H,6H2,1-2H3,(H2,13,15). The number of benzene rings is 1. The largest absolute Gasteiger partial charge is 0.495 e. The van der Waals surface area contributed by atoms with Crippen LogP contribution < -0.4 is 15.2 Å². The molecule has 0 aliphatic heterocycles. The van der Waals surface area contributed by atoms with Crippen molar-refractivity contribution in [2.45, 2.75) is 18.4 Å². The summed E-state index contributed by atoms with van der Waals surface area (Å²) in [7, 11) is -2.23. The van der Waals surface area contributed by atoms with Crippen molar-refractivity contribution in [3.8, 4) is 5.75 Å². The molecule has 0 saturated carbocycles. The first-order valence-corrected chi connectivity index (χ1v) is 8.13. The molecule has 3 N–H and O–H groups in total. The molecule has 0 aliphatic carbocycles. The topological polar surface area (TPSA) is 94.3 Å². The van der Waals surface area contributed by atoms with Crippen LogP contribution in [0.25, 0.3) is 0 Å². The molecule has 2 aromatic rings. The van der Waals surface area contributed by atoms with Gasteiger partial charge in [0.15, 0.2) is 5.13 Å². The van der Waals surface area contributed by atoms with E-state index < -0.39 is 10.0 Å². The quantitative estimate of drug-likeness (QED) is 0.873. The fourth-order valence-corrected chi connectivity index (χ4v) is 3.46. The first-order chi connectivity index (χ1) is 9.42. The van der Waals surface area contributed by atoms with Gasteiger partial charge in [-0.2, -0.15) is 0 Å². The number of rotatable bonds is 5. The second-order valence-corrected chi connectivity index (χ2v) is 6.78. The maximum atomic E-state index is 12.3. The van der Waals surface area contributed by atoms with E-state index in [0.717, 1.165) is 5.56 Å². The summed E-state index contributed by atoms with van der Waals surface area (Å²) in [4.78, 5) is 4.12. The Balaban J connectivity index is 2.24. The lowest BCUT2D eigenvalue weighted by molar-refractivity contribution is 0.402. The number of nitrogens with two attached hydrogens (primary N) is 1. The number of anilines is 1. The van der Waals surface area contributed by atoms with Crippen LogP contribution in [-0.2, 0) is 16.6 Å². The maximum absolute atomic E-state index is 12.3. The van der Waals surface area contributed by atoms with E-state index in [2.05, 4.69) is 9.71 Å². The highest BCUT2D eigenvalue weighted by Gasteiger charge is 2.19. The number of nitrogen functional groups attached to an aromatic ring is 1. The number of nitrogens with zero attached hydrogens (tertiary/aromatic N) is 1. The van der Waals surface area contributed by atoms with Crippen molar-refractivity contribution < 1.29 is 13.2 Å². The third-order valence-electron chi connectivity index (χ3n) is 2.62. The van der Waals surface area contributed by atoms with Crippen molar-refractivity contribution in [3.63, 3.8) is 0 Å². The Kier molecular flexibility index (Phi) is 4.26. The third kappa shape index (κ3) is 3.27. The minimum absolute atomic E-state index is 0.0904. The van der Waals surface area contributed by atoms with Gasteiger partial charge in [0, 0.05) is 5.38 Å². The number of thiazole rings is 1. The van der Waals surface area contributed by atoms with Gasteiger partial charge >= 0.3 is 0 Å². The fraction of sp³-hybridized carbons (Fsp3) is 0.250. The van der Waals surface area contributed by atoms with Crippen LogP contribution in [0.4, 0.5) is 5.13 Å². The summed E-state index contributed by atoms with van der Waals surface area (Å²) in [5.74, 6) is 0.306. The van der Waals surface area contributed by atoms with Gasteiger partial charge in [0.2, 0.25) is 10.0 Å². The number of ether oxygens (including phenoxy) is 1. The van der Waals surface area contributed by atoms with E-state index in [-0.39, 0.29) is 11.4 Å². The zero-order chi connectivity index (χ0) is 14.8. The third-order valence-corrected chi connectivity index (χ3v) is 4.77. The molecule has 0 spiro atoms. The van der Waals surface area contributed by atoms with Crippen LogP contribution in [0.5, 0.6) is 5.75 Å². The lowest BCUT2D eigenvalue weighted by Crippen LogP contribution is -2.24. The zero-order valence-electron chi connectivity index (χ0n) is 11.1. The molecule has 8 heteroatoms. The summed E-state index contributed by atoms with van der Waals surface area (Å²) in [6.07, 6.45) is 0. The Labute approximate surface area is 121 Å². The first kappa shape index (κ1) is 14.8. The van der Waals surface area contributed by atoms with Gasteiger partial charge in [-0.05, 0) is 24.6 Å². The molecule has 0 aliphatic rings. The average molecular weight is 313 g/mol. The minimum Gasteiger partial charge on any atom is -0.495 e. The van der Waals surface area contributed by atoms with E-state index in [1.54, 1.807) is 23.6 Å². The van der Waals surface area contributed by atoms with Gasteiger partial charge in [0.05, 0.1) is 19.3 Å². The van der Waals surface area contributed by atoms with Gasteiger partial charge in [-0.1, -0.05) is 6.07 Å². The van der Waals surface area contributed by atoms with E-state index in [1.807, 2.05) is 6.92 Å². The predicted molar refractivity (Wildman–Crippen MR) is 78.3 cm³/mol. The number of aryl methyl sites for hydroxylation is 1. The molecule has 0 unspecified atom stereocenters. The van der Waals surface area contributed by atoms with Crippen molar-refractivity contribution in [1.82, 2.24) is 9.71 Å². The Morgan fingerprint density at radius 3 is 2.80 bits per heavy atom. The molecule has 0 saturated heterocycles. The van der Waals surface area contributed by atoms with Crippen LogP contribution in [0.1, 0.15) is 11.3 Å². The van der Waals surface area contributed by atoms with E-state index in [1.165, 1.54) is 18.4 Å². The molecule has 1 aromatic carbocycles. The van der Waals surface area contributed by atoms with Gasteiger partial charge in [-0.3, -0.25) is 0 Å². The summed E-state index contributed by atoms with van der Waals surface area (Å²) in [6, 6.07) is 4.99. The van der Waals surface area contributed by atoms with Crippen LogP contribution in [0, 0.1) is 6.92 Å². The Bertz CT molecular complexity index is 710. The Hall–Kier alpha value is -1.64. The van der Waals surface area contributed by atoms with Crippen LogP contribution in [0.15, 0.2) is 28.5 Å². The number of aromatic nitrogens is 1. The molecule has 0 amide bonds. The summed E-state index contributed by atoms with van der Waals surface area (Å²) < 4.78 is 32.2. The van der Waals surface area contributed by atoms with Crippen molar-refractivity contribution in [2.75, 3.05) is 12.8 Å². The lowest BCUT2D eigenvalue weighted by atomic mass is 10.2. The molecule has 0 bridgehead atoms. The van der Waals surface area contributed by atoms with E-state index >= 15 is 0 Å². The van der Waals surface area contributed by atoms with Gasteiger partial charge in [-0.25, -0.2) is 18.1 Å². The summed E-state index contributed by atoms with van der Waals surface area (Å²) in [5, 5.41) is 2.12. The smallest absolute Gasteiger partial charge is 0.244 e. The van der Waals surface area contributed by atoms with Crippen LogP contribution in [-0.4, -0.2) is 20.5 Å². The highest BCUT2D eigenvalue weighted by Crippen LogP contribution is 2.24. The van der Waals surface area contributed by atoms with Gasteiger partial charge in [0.25, 0.3) is 0 Å². The molecule has 6 nitrogen and oxygen atoms in total. The molecular formula is C12H15N3O3S2. The summed E-state index contributed by atoms with van der Waals surface area (Å²) >= 11 is 1.27. The lowest BCUT2D eigenvalue weighted by Gasteiger charge is -2.10. The number of hydrogen-bond acceptors (Lipinski definition) is 6. The highest BCUT2D eigenvalue weighted by molar-refractivity contribution is 7.89. The van der Waals surface area contributed by atoms with E-state index in [4.69, 9.17) is 10.5 Å². The molecule has 2 rings (SSSR count). The first-order valence-electron chi connectivity index (χ1n) is 5.76. The predicted octanol–water partition coefficient (Wildman–Crippen LogP) is 1.52. The number of methoxy groups -OCH3 is 1. The summed E-state index contributed by atoms with van der Waals surface area (Å²) in [6.45, 7) is 1.91. The molecule has 0 atom stereocenters. The van der Waals surface area contributed by atoms with Crippen LogP contribution in [0.3, 0.4) is 0 Å². The summed E-state index contributed by atoms with van der Waals surface area (Å²) in [5.41, 5.74) is 6.93. The molecule has 1 aromatic heterocycles. The Morgan fingerprint density at radius 1 is 1.45 bits per heavy atom. The second-order valence-electron chi connectivity index (χ2n) is 4.16. The zero-order valence-corrected chi connectivity index (χ0v) is 12.7. The number of sulfonamides is 1. The van der Waals surface area contributed by atoms with E-state index in [9.17, 15) is 8.42 Å². The van der Waals surface area contributed by atoms with Crippen LogP contribution in [0.2, 0.25) is 0 Å². The van der Waals surface area contributed by atoms with Crippen molar-refractivity contribution in [3.05, 3.63) is 34.8 Å². The number of hydrogen-bond donors (Lipinski definition) is 2. The van der Waals surface area contributed by atoms with E-state index in [0.29, 0.717) is 16.6 Å². The molecule has 0 fully saturated rings. The minimum atomic E-state index is -3.67. The van der Waals surface area contributed by atoms with Gasteiger partial charge in [0.1, 0.15) is 10.6 Å². The monoisotopic (exact) mass is 313 g/mol. The van der Waals surface area contributed by atoms with Crippen molar-refractivity contribution in [1.29, 1.82) is 0 Å². The average Bonchev–Trinajstić information content (AvgIpc) is 2.82. The number of nitrogens with one attached hydrogen (secondary N) is 1. The van der Waals surface area contributed by atoms with Crippen molar-refractivity contribution in [2.24, 2.45) is 0 Å². The highest BCUT2D eigenvalue weighted by atomic mass is 32.2. The Morgan fingerprint density at radius 2 is 2.20 bits per heavy atom. The fourth-order valence-electron chi connectivity index (χ4n) is 1.64. The van der Waals surface area contributed by atoms with Gasteiger partial charge < -0.3 is 10.5 Å². The molecule has 0 radical (unpaired) electrons. The second kappa shape index (κ2) is 5.78. The van der Waals surface area contributed by atoms with Crippen molar-refractivity contribution >= 4 is 26.5 Å². The molecule has 1 heterocycles. The molecule has 108 valence electrons. The molecule has 20 heavy (non-hydrogen) atoms. The van der Waals surface area contributed by atoms with Crippen LogP contribution >= 0.6 is 11.3 Å². The SMILES string of the molecule is COc1ccc(C)cc1S(=O)(=O)NCc1csc(N)n1. The molecular weight excluding hydrogens is 298 g/mol. The van der Waals surface area contributed by atoms with Gasteiger partial charge in [-0.15, -0.1) is 11.3 Å². The normalized spacial score (nSPS) is 11.5.